The number of primary amides is 1. The number of ether oxygens (including phenoxy) is 1. The second-order valence-corrected chi connectivity index (χ2v) is 5.68. The van der Waals surface area contributed by atoms with E-state index in [1.807, 2.05) is 24.3 Å². The van der Waals surface area contributed by atoms with Crippen LogP contribution in [0.25, 0.3) is 0 Å². The summed E-state index contributed by atoms with van der Waals surface area (Å²) in [6.45, 7) is 7.14. The van der Waals surface area contributed by atoms with Crippen LogP contribution in [0.15, 0.2) is 24.3 Å². The highest BCUT2D eigenvalue weighted by atomic mass is 16.5. The molecule has 1 amide bonds. The predicted molar refractivity (Wildman–Crippen MR) is 84.5 cm³/mol. The molecule has 3 N–H and O–H groups in total. The predicted octanol–water partition coefficient (Wildman–Crippen LogP) is 0.0491. The normalized spacial score (nSPS) is 20.5. The molecule has 6 heteroatoms. The zero-order chi connectivity index (χ0) is 15.9. The van der Waals surface area contributed by atoms with Crippen LogP contribution in [0, 0.1) is 0 Å². The van der Waals surface area contributed by atoms with E-state index in [1.54, 1.807) is 0 Å². The first kappa shape index (κ1) is 16.7. The molecule has 2 rings (SSSR count). The molecular formula is C16H25N3O3. The zero-order valence-electron chi connectivity index (χ0n) is 13.1. The Morgan fingerprint density at radius 1 is 1.27 bits per heavy atom. The highest BCUT2D eigenvalue weighted by Gasteiger charge is 2.20. The van der Waals surface area contributed by atoms with Crippen molar-refractivity contribution in [1.29, 1.82) is 0 Å². The Bertz CT molecular complexity index is 478. The SMILES string of the molecule is CCN1CCN(Cc2ccc(OCC(N)=O)cc2)C[C@H](O)C1. The topological polar surface area (TPSA) is 79.0 Å². The summed E-state index contributed by atoms with van der Waals surface area (Å²) in [6.07, 6.45) is -0.305. The number of hydrogen-bond acceptors (Lipinski definition) is 5. The van der Waals surface area contributed by atoms with Crippen molar-refractivity contribution in [2.75, 3.05) is 39.3 Å². The quantitative estimate of drug-likeness (QED) is 0.776. The molecule has 1 aliphatic rings. The van der Waals surface area contributed by atoms with Crippen LogP contribution in [-0.4, -0.2) is 66.2 Å². The Kier molecular flexibility index (Phi) is 6.18. The molecule has 0 saturated carbocycles. The van der Waals surface area contributed by atoms with Gasteiger partial charge in [0.1, 0.15) is 5.75 Å². The van der Waals surface area contributed by atoms with Gasteiger partial charge in [-0.15, -0.1) is 0 Å². The number of nitrogens with two attached hydrogens (primary N) is 1. The summed E-state index contributed by atoms with van der Waals surface area (Å²) < 4.78 is 5.24. The molecule has 1 heterocycles. The molecule has 0 aromatic heterocycles. The maximum atomic E-state index is 10.7. The van der Waals surface area contributed by atoms with Crippen LogP contribution in [0.4, 0.5) is 0 Å². The Balaban J connectivity index is 1.88. The summed E-state index contributed by atoms with van der Waals surface area (Å²) in [6, 6.07) is 7.63. The van der Waals surface area contributed by atoms with Crippen molar-refractivity contribution >= 4 is 5.91 Å². The molecule has 1 saturated heterocycles. The average molecular weight is 307 g/mol. The number of β-amino-alcohol motifs (C(OH)–C–C–N with tert-alkyl or cyclic N) is 1. The number of carbonyl (C=O) groups is 1. The summed E-state index contributed by atoms with van der Waals surface area (Å²) in [5.74, 6) is 0.152. The molecule has 0 bridgehead atoms. The first-order valence-electron chi connectivity index (χ1n) is 7.69. The van der Waals surface area contributed by atoms with E-state index in [2.05, 4.69) is 16.7 Å². The maximum absolute atomic E-state index is 10.7. The molecule has 1 aromatic carbocycles. The van der Waals surface area contributed by atoms with Crippen LogP contribution in [-0.2, 0) is 11.3 Å². The van der Waals surface area contributed by atoms with Crippen LogP contribution < -0.4 is 10.5 Å². The molecular weight excluding hydrogens is 282 g/mol. The standard InChI is InChI=1S/C16H25N3O3/c1-2-18-7-8-19(11-14(20)10-18)9-13-3-5-15(6-4-13)22-12-16(17)21/h3-6,14,20H,2,7-12H2,1H3,(H2,17,21)/t14-/m1/s1. The van der Waals surface area contributed by atoms with Gasteiger partial charge in [0.05, 0.1) is 6.10 Å². The van der Waals surface area contributed by atoms with E-state index < -0.39 is 5.91 Å². The molecule has 22 heavy (non-hydrogen) atoms. The molecule has 0 unspecified atom stereocenters. The van der Waals surface area contributed by atoms with E-state index in [9.17, 15) is 9.90 Å². The average Bonchev–Trinajstić information content (AvgIpc) is 2.67. The van der Waals surface area contributed by atoms with Gasteiger partial charge in [-0.25, -0.2) is 0 Å². The Hall–Kier alpha value is -1.63. The zero-order valence-corrected chi connectivity index (χ0v) is 13.1. The molecule has 1 fully saturated rings. The minimum atomic E-state index is -0.483. The lowest BCUT2D eigenvalue weighted by Gasteiger charge is -2.21. The van der Waals surface area contributed by atoms with Crippen molar-refractivity contribution in [3.63, 3.8) is 0 Å². The number of likely N-dealkylation sites (N-methyl/N-ethyl adjacent to an activating group) is 1. The number of carbonyl (C=O) groups excluding carboxylic acids is 1. The lowest BCUT2D eigenvalue weighted by molar-refractivity contribution is -0.119. The van der Waals surface area contributed by atoms with Gasteiger partial charge < -0.3 is 15.6 Å². The summed E-state index contributed by atoms with van der Waals surface area (Å²) in [5, 5.41) is 10.1. The summed E-state index contributed by atoms with van der Waals surface area (Å²) in [5.41, 5.74) is 6.20. The summed E-state index contributed by atoms with van der Waals surface area (Å²) >= 11 is 0. The van der Waals surface area contributed by atoms with E-state index in [0.29, 0.717) is 12.3 Å². The van der Waals surface area contributed by atoms with Gasteiger partial charge in [-0.1, -0.05) is 19.1 Å². The van der Waals surface area contributed by atoms with Gasteiger partial charge in [0.25, 0.3) is 5.91 Å². The van der Waals surface area contributed by atoms with E-state index in [4.69, 9.17) is 10.5 Å². The van der Waals surface area contributed by atoms with Crippen molar-refractivity contribution < 1.29 is 14.6 Å². The van der Waals surface area contributed by atoms with Gasteiger partial charge >= 0.3 is 0 Å². The third-order valence-corrected chi connectivity index (χ3v) is 3.83. The molecule has 0 radical (unpaired) electrons. The van der Waals surface area contributed by atoms with Crippen molar-refractivity contribution in [3.05, 3.63) is 29.8 Å². The maximum Gasteiger partial charge on any atom is 0.255 e. The second kappa shape index (κ2) is 8.12. The number of hydrogen-bond donors (Lipinski definition) is 2. The van der Waals surface area contributed by atoms with Crippen LogP contribution in [0.2, 0.25) is 0 Å². The smallest absolute Gasteiger partial charge is 0.255 e. The minimum absolute atomic E-state index is 0.107. The van der Waals surface area contributed by atoms with Crippen LogP contribution >= 0.6 is 0 Å². The lowest BCUT2D eigenvalue weighted by atomic mass is 10.2. The van der Waals surface area contributed by atoms with Gasteiger partial charge in [0, 0.05) is 32.7 Å². The van der Waals surface area contributed by atoms with Crippen LogP contribution in [0.5, 0.6) is 5.75 Å². The molecule has 0 aliphatic carbocycles. The van der Waals surface area contributed by atoms with Gasteiger partial charge in [-0.3, -0.25) is 14.6 Å². The van der Waals surface area contributed by atoms with Crippen molar-refractivity contribution in [3.8, 4) is 5.75 Å². The first-order chi connectivity index (χ1) is 10.6. The first-order valence-corrected chi connectivity index (χ1v) is 7.69. The fourth-order valence-corrected chi connectivity index (χ4v) is 2.65. The fourth-order valence-electron chi connectivity index (χ4n) is 2.65. The third-order valence-electron chi connectivity index (χ3n) is 3.83. The second-order valence-electron chi connectivity index (χ2n) is 5.68. The Morgan fingerprint density at radius 2 is 1.91 bits per heavy atom. The number of nitrogens with zero attached hydrogens (tertiary/aromatic N) is 2. The Morgan fingerprint density at radius 3 is 2.55 bits per heavy atom. The highest BCUT2D eigenvalue weighted by Crippen LogP contribution is 2.15. The minimum Gasteiger partial charge on any atom is -0.484 e. The molecule has 1 aliphatic heterocycles. The number of aliphatic hydroxyl groups excluding tert-OH is 1. The molecule has 122 valence electrons. The van der Waals surface area contributed by atoms with Crippen molar-refractivity contribution in [2.24, 2.45) is 5.73 Å². The number of amides is 1. The summed E-state index contributed by atoms with van der Waals surface area (Å²) in [4.78, 5) is 15.2. The van der Waals surface area contributed by atoms with E-state index in [1.165, 1.54) is 0 Å². The third kappa shape index (κ3) is 5.29. The van der Waals surface area contributed by atoms with Crippen LogP contribution in [0.1, 0.15) is 12.5 Å². The lowest BCUT2D eigenvalue weighted by Crippen LogP contribution is -2.33. The molecule has 1 aromatic rings. The largest absolute Gasteiger partial charge is 0.484 e. The molecule has 1 atom stereocenters. The number of rotatable bonds is 6. The van der Waals surface area contributed by atoms with Gasteiger partial charge in [0.2, 0.25) is 0 Å². The fraction of sp³-hybridized carbons (Fsp3) is 0.562. The van der Waals surface area contributed by atoms with Crippen LogP contribution in [0.3, 0.4) is 0 Å². The highest BCUT2D eigenvalue weighted by molar-refractivity contribution is 5.75. The van der Waals surface area contributed by atoms with Crippen molar-refractivity contribution in [1.82, 2.24) is 9.80 Å². The van der Waals surface area contributed by atoms with Crippen molar-refractivity contribution in [2.45, 2.75) is 19.6 Å². The van der Waals surface area contributed by atoms with Gasteiger partial charge in [-0.2, -0.15) is 0 Å². The summed E-state index contributed by atoms with van der Waals surface area (Å²) in [7, 11) is 0. The van der Waals surface area contributed by atoms with E-state index in [-0.39, 0.29) is 12.7 Å². The van der Waals surface area contributed by atoms with Gasteiger partial charge in [0.15, 0.2) is 6.61 Å². The number of aliphatic hydroxyl groups is 1. The van der Waals surface area contributed by atoms with E-state index >= 15 is 0 Å². The Labute approximate surface area is 131 Å². The monoisotopic (exact) mass is 307 g/mol. The number of benzene rings is 1. The molecule has 6 nitrogen and oxygen atoms in total. The van der Waals surface area contributed by atoms with E-state index in [0.717, 1.165) is 38.3 Å². The molecule has 0 spiro atoms. The van der Waals surface area contributed by atoms with Gasteiger partial charge in [-0.05, 0) is 24.2 Å².